The quantitative estimate of drug-likeness (QED) is 0.802. The predicted molar refractivity (Wildman–Crippen MR) is 74.1 cm³/mol. The Bertz CT molecular complexity index is 539. The number of unbranched alkanes of at least 4 members (excludes halogenated alkanes) is 1. The van der Waals surface area contributed by atoms with Crippen LogP contribution in [-0.2, 0) is 14.6 Å². The lowest BCUT2D eigenvalue weighted by atomic mass is 10.1. The Hall–Kier alpha value is -1.56. The molecule has 2 N–H and O–H groups in total. The van der Waals surface area contributed by atoms with E-state index < -0.39 is 21.8 Å². The minimum absolute atomic E-state index is 0.123. The normalized spacial score (nSPS) is 12.9. The molecule has 0 amide bonds. The number of aliphatic carboxylic acids is 1. The third kappa shape index (κ3) is 4.55. The van der Waals surface area contributed by atoms with Gasteiger partial charge in [0.2, 0.25) is 0 Å². The second-order valence-electron chi connectivity index (χ2n) is 4.45. The fourth-order valence-corrected chi connectivity index (χ4v) is 2.61. The number of hydrogen-bond acceptors (Lipinski definition) is 4. The number of carboxylic acid groups (broad SMARTS) is 1. The SMILES string of the molecule is CCCCC(Nc1ccccc1S(C)(=O)=O)C(=O)O. The Labute approximate surface area is 113 Å². The highest BCUT2D eigenvalue weighted by Gasteiger charge is 2.20. The molecule has 0 saturated carbocycles. The molecule has 0 aliphatic heterocycles. The first-order valence-corrected chi connectivity index (χ1v) is 8.03. The Morgan fingerprint density at radius 2 is 2.00 bits per heavy atom. The first-order valence-electron chi connectivity index (χ1n) is 6.14. The maximum Gasteiger partial charge on any atom is 0.326 e. The van der Waals surface area contributed by atoms with Crippen LogP contribution >= 0.6 is 0 Å². The van der Waals surface area contributed by atoms with Crippen LogP contribution in [0.4, 0.5) is 5.69 Å². The molecule has 6 heteroatoms. The monoisotopic (exact) mass is 285 g/mol. The largest absolute Gasteiger partial charge is 0.480 e. The van der Waals surface area contributed by atoms with Gasteiger partial charge in [-0.3, -0.25) is 0 Å². The number of para-hydroxylation sites is 1. The summed E-state index contributed by atoms with van der Waals surface area (Å²) in [5, 5.41) is 12.0. The van der Waals surface area contributed by atoms with Crippen LogP contribution in [0.3, 0.4) is 0 Å². The number of hydrogen-bond donors (Lipinski definition) is 2. The molecule has 0 aromatic heterocycles. The van der Waals surface area contributed by atoms with Gasteiger partial charge in [0, 0.05) is 6.26 Å². The molecule has 0 fully saturated rings. The van der Waals surface area contributed by atoms with Crippen molar-refractivity contribution in [3.63, 3.8) is 0 Å². The lowest BCUT2D eigenvalue weighted by molar-refractivity contribution is -0.138. The minimum atomic E-state index is -3.38. The van der Waals surface area contributed by atoms with Gasteiger partial charge in [-0.05, 0) is 18.6 Å². The molecule has 0 heterocycles. The van der Waals surface area contributed by atoms with E-state index in [0.717, 1.165) is 19.1 Å². The molecule has 1 rings (SSSR count). The number of anilines is 1. The number of nitrogens with one attached hydrogen (secondary N) is 1. The van der Waals surface area contributed by atoms with E-state index in [2.05, 4.69) is 5.32 Å². The molecule has 0 bridgehead atoms. The van der Waals surface area contributed by atoms with Crippen molar-refractivity contribution in [2.45, 2.75) is 37.1 Å². The highest BCUT2D eigenvalue weighted by Crippen LogP contribution is 2.22. The first kappa shape index (κ1) is 15.5. The molecule has 0 aliphatic rings. The molecule has 5 nitrogen and oxygen atoms in total. The standard InChI is InChI=1S/C13H19NO4S/c1-3-4-7-11(13(15)16)14-10-8-5-6-9-12(10)19(2,17)18/h5-6,8-9,11,14H,3-4,7H2,1-2H3,(H,15,16). The van der Waals surface area contributed by atoms with E-state index in [1.807, 2.05) is 6.92 Å². The third-order valence-electron chi connectivity index (χ3n) is 2.76. The highest BCUT2D eigenvalue weighted by atomic mass is 32.2. The van der Waals surface area contributed by atoms with Crippen molar-refractivity contribution < 1.29 is 18.3 Å². The number of benzene rings is 1. The molecule has 1 atom stereocenters. The van der Waals surface area contributed by atoms with Gasteiger partial charge in [-0.15, -0.1) is 0 Å². The molecule has 0 saturated heterocycles. The second-order valence-corrected chi connectivity index (χ2v) is 6.43. The van der Waals surface area contributed by atoms with E-state index >= 15 is 0 Å². The molecule has 19 heavy (non-hydrogen) atoms. The summed E-state index contributed by atoms with van der Waals surface area (Å²) in [4.78, 5) is 11.3. The van der Waals surface area contributed by atoms with E-state index in [4.69, 9.17) is 5.11 Å². The van der Waals surface area contributed by atoms with E-state index in [1.165, 1.54) is 6.07 Å². The zero-order valence-corrected chi connectivity index (χ0v) is 11.9. The Morgan fingerprint density at radius 3 is 2.53 bits per heavy atom. The Kier molecular flexibility index (Phi) is 5.35. The van der Waals surface area contributed by atoms with Crippen LogP contribution in [0, 0.1) is 0 Å². The summed E-state index contributed by atoms with van der Waals surface area (Å²) in [6.45, 7) is 1.98. The van der Waals surface area contributed by atoms with Crippen molar-refractivity contribution >= 4 is 21.5 Å². The van der Waals surface area contributed by atoms with E-state index in [-0.39, 0.29) is 4.90 Å². The van der Waals surface area contributed by atoms with Crippen LogP contribution in [0.1, 0.15) is 26.2 Å². The average molecular weight is 285 g/mol. The molecular formula is C13H19NO4S. The predicted octanol–water partition coefficient (Wildman–Crippen LogP) is 2.15. The molecular weight excluding hydrogens is 266 g/mol. The fourth-order valence-electron chi connectivity index (χ4n) is 1.76. The molecule has 1 aromatic rings. The molecule has 1 unspecified atom stereocenters. The van der Waals surface area contributed by atoms with Crippen LogP contribution in [0.5, 0.6) is 0 Å². The lowest BCUT2D eigenvalue weighted by Crippen LogP contribution is -2.29. The summed E-state index contributed by atoms with van der Waals surface area (Å²) in [7, 11) is -3.38. The maximum atomic E-state index is 11.6. The van der Waals surface area contributed by atoms with Crippen molar-refractivity contribution in [3.05, 3.63) is 24.3 Å². The van der Waals surface area contributed by atoms with Crippen LogP contribution in [0.2, 0.25) is 0 Å². The molecule has 0 radical (unpaired) electrons. The van der Waals surface area contributed by atoms with Crippen LogP contribution < -0.4 is 5.32 Å². The molecule has 0 aliphatic carbocycles. The van der Waals surface area contributed by atoms with Crippen molar-refractivity contribution in [3.8, 4) is 0 Å². The first-order chi connectivity index (χ1) is 8.86. The van der Waals surface area contributed by atoms with Gasteiger partial charge in [0.15, 0.2) is 9.84 Å². The molecule has 0 spiro atoms. The van der Waals surface area contributed by atoms with Gasteiger partial charge < -0.3 is 10.4 Å². The number of carboxylic acids is 1. The number of sulfone groups is 1. The summed E-state index contributed by atoms with van der Waals surface area (Å²) in [5.74, 6) is -0.975. The zero-order chi connectivity index (χ0) is 14.5. The van der Waals surface area contributed by atoms with Gasteiger partial charge in [-0.1, -0.05) is 31.9 Å². The van der Waals surface area contributed by atoms with Gasteiger partial charge >= 0.3 is 5.97 Å². The Morgan fingerprint density at radius 1 is 1.37 bits per heavy atom. The summed E-state index contributed by atoms with van der Waals surface area (Å²) < 4.78 is 23.3. The van der Waals surface area contributed by atoms with Gasteiger partial charge in [0.25, 0.3) is 0 Å². The maximum absolute atomic E-state index is 11.6. The summed E-state index contributed by atoms with van der Waals surface area (Å²) in [6, 6.07) is 5.57. The third-order valence-corrected chi connectivity index (χ3v) is 3.92. The summed E-state index contributed by atoms with van der Waals surface area (Å²) in [6.07, 6.45) is 3.23. The van der Waals surface area contributed by atoms with Crippen LogP contribution in [-0.4, -0.2) is 31.8 Å². The van der Waals surface area contributed by atoms with Crippen LogP contribution in [0.25, 0.3) is 0 Å². The molecule has 1 aromatic carbocycles. The van der Waals surface area contributed by atoms with Crippen LogP contribution in [0.15, 0.2) is 29.2 Å². The highest BCUT2D eigenvalue weighted by molar-refractivity contribution is 7.90. The topological polar surface area (TPSA) is 83.5 Å². The minimum Gasteiger partial charge on any atom is -0.480 e. The van der Waals surface area contributed by atoms with Gasteiger partial charge in [0.05, 0.1) is 10.6 Å². The van der Waals surface area contributed by atoms with Gasteiger partial charge in [-0.25, -0.2) is 13.2 Å². The van der Waals surface area contributed by atoms with E-state index in [9.17, 15) is 13.2 Å². The average Bonchev–Trinajstić information content (AvgIpc) is 2.33. The van der Waals surface area contributed by atoms with Gasteiger partial charge in [-0.2, -0.15) is 0 Å². The fraction of sp³-hybridized carbons (Fsp3) is 0.462. The van der Waals surface area contributed by atoms with Crippen molar-refractivity contribution in [1.29, 1.82) is 0 Å². The summed E-state index contributed by atoms with van der Waals surface area (Å²) in [5.41, 5.74) is 0.341. The van der Waals surface area contributed by atoms with Crippen molar-refractivity contribution in [2.75, 3.05) is 11.6 Å². The lowest BCUT2D eigenvalue weighted by Gasteiger charge is -2.17. The molecule has 106 valence electrons. The van der Waals surface area contributed by atoms with E-state index in [1.54, 1.807) is 18.2 Å². The smallest absolute Gasteiger partial charge is 0.326 e. The van der Waals surface area contributed by atoms with E-state index in [0.29, 0.717) is 12.1 Å². The van der Waals surface area contributed by atoms with Crippen molar-refractivity contribution in [2.24, 2.45) is 0 Å². The number of carbonyl (C=O) groups is 1. The number of rotatable bonds is 7. The zero-order valence-electron chi connectivity index (χ0n) is 11.1. The Balaban J connectivity index is 3.00. The van der Waals surface area contributed by atoms with Gasteiger partial charge in [0.1, 0.15) is 6.04 Å². The van der Waals surface area contributed by atoms with Crippen molar-refractivity contribution in [1.82, 2.24) is 0 Å². The summed E-state index contributed by atoms with van der Waals surface area (Å²) >= 11 is 0. The second kappa shape index (κ2) is 6.56.